The van der Waals surface area contributed by atoms with Gasteiger partial charge in [-0.1, -0.05) is 18.0 Å². The van der Waals surface area contributed by atoms with E-state index in [4.69, 9.17) is 4.84 Å². The van der Waals surface area contributed by atoms with Crippen molar-refractivity contribution < 1.29 is 9.57 Å². The molecule has 0 saturated carbocycles. The van der Waals surface area contributed by atoms with Crippen molar-refractivity contribution in [3.63, 3.8) is 0 Å². The van der Waals surface area contributed by atoms with Crippen molar-refractivity contribution in [2.75, 3.05) is 26.2 Å². The maximum absolute atomic E-state index is 10.8. The molecule has 1 aliphatic heterocycles. The highest BCUT2D eigenvalue weighted by Crippen LogP contribution is 2.08. The Kier molecular flexibility index (Phi) is 5.62. The summed E-state index contributed by atoms with van der Waals surface area (Å²) in [5.74, 6) is 0. The minimum atomic E-state index is 0.616. The zero-order valence-corrected chi connectivity index (χ0v) is 11.2. The van der Waals surface area contributed by atoms with Crippen molar-refractivity contribution in [3.8, 4) is 0 Å². The number of rotatable bonds is 5. The van der Waals surface area contributed by atoms with Crippen molar-refractivity contribution in [1.82, 2.24) is 4.90 Å². The van der Waals surface area contributed by atoms with Crippen molar-refractivity contribution >= 4 is 6.21 Å². The molecule has 0 aromatic carbocycles. The molecule has 1 aromatic heterocycles. The van der Waals surface area contributed by atoms with Crippen LogP contribution in [0.3, 0.4) is 0 Å². The van der Waals surface area contributed by atoms with Crippen LogP contribution in [0.15, 0.2) is 29.7 Å². The fraction of sp³-hybridized carbons (Fsp3) is 0.571. The largest absolute Gasteiger partial charge is 0.619 e. The van der Waals surface area contributed by atoms with E-state index in [1.54, 1.807) is 18.3 Å². The summed E-state index contributed by atoms with van der Waals surface area (Å²) in [6.07, 6.45) is 9.80. The van der Waals surface area contributed by atoms with Gasteiger partial charge in [0, 0.05) is 24.2 Å². The lowest BCUT2D eigenvalue weighted by Crippen LogP contribution is -2.28. The Morgan fingerprint density at radius 3 is 2.58 bits per heavy atom. The highest BCUT2D eigenvalue weighted by molar-refractivity contribution is 5.78. The SMILES string of the molecule is [O-][n+]1ccc(/C=N/OCCN2CCCCCC2)cc1. The number of aromatic nitrogens is 1. The fourth-order valence-corrected chi connectivity index (χ4v) is 2.19. The van der Waals surface area contributed by atoms with Gasteiger partial charge < -0.3 is 10.0 Å². The molecule has 1 aliphatic rings. The number of pyridine rings is 1. The summed E-state index contributed by atoms with van der Waals surface area (Å²) < 4.78 is 0.748. The molecule has 0 atom stereocenters. The molecule has 0 unspecified atom stereocenters. The van der Waals surface area contributed by atoms with Crippen LogP contribution >= 0.6 is 0 Å². The first-order valence-electron chi connectivity index (χ1n) is 6.91. The highest BCUT2D eigenvalue weighted by Gasteiger charge is 2.07. The van der Waals surface area contributed by atoms with Gasteiger partial charge >= 0.3 is 0 Å². The molecule has 0 bridgehead atoms. The summed E-state index contributed by atoms with van der Waals surface area (Å²) in [4.78, 5) is 7.69. The summed E-state index contributed by atoms with van der Waals surface area (Å²) in [5, 5.41) is 14.8. The molecule has 0 N–H and O–H groups in total. The summed E-state index contributed by atoms with van der Waals surface area (Å²) in [5.41, 5.74) is 0.863. The van der Waals surface area contributed by atoms with Crippen LogP contribution in [0.1, 0.15) is 31.2 Å². The zero-order chi connectivity index (χ0) is 13.3. The van der Waals surface area contributed by atoms with Crippen LogP contribution in [0.5, 0.6) is 0 Å². The normalized spacial score (nSPS) is 17.5. The van der Waals surface area contributed by atoms with E-state index in [2.05, 4.69) is 10.1 Å². The molecular weight excluding hydrogens is 242 g/mol. The second kappa shape index (κ2) is 7.74. The van der Waals surface area contributed by atoms with Gasteiger partial charge in [0.15, 0.2) is 12.4 Å². The van der Waals surface area contributed by atoms with Gasteiger partial charge in [-0.05, 0) is 25.9 Å². The second-order valence-corrected chi connectivity index (χ2v) is 4.81. The molecule has 104 valence electrons. The summed E-state index contributed by atoms with van der Waals surface area (Å²) in [6, 6.07) is 3.41. The van der Waals surface area contributed by atoms with E-state index in [1.165, 1.54) is 51.2 Å². The molecule has 0 aliphatic carbocycles. The molecule has 5 heteroatoms. The molecule has 5 nitrogen and oxygen atoms in total. The van der Waals surface area contributed by atoms with Crippen LogP contribution in [-0.4, -0.2) is 37.4 Å². The van der Waals surface area contributed by atoms with Crippen LogP contribution in [-0.2, 0) is 4.84 Å². The van der Waals surface area contributed by atoms with E-state index in [1.807, 2.05) is 0 Å². The zero-order valence-electron chi connectivity index (χ0n) is 11.2. The Balaban J connectivity index is 1.64. The number of likely N-dealkylation sites (tertiary alicyclic amines) is 1. The molecule has 2 heterocycles. The molecule has 1 fully saturated rings. The Labute approximate surface area is 114 Å². The molecule has 0 spiro atoms. The van der Waals surface area contributed by atoms with E-state index in [9.17, 15) is 5.21 Å². The van der Waals surface area contributed by atoms with Gasteiger partial charge in [-0.15, -0.1) is 0 Å². The quantitative estimate of drug-likeness (QED) is 0.266. The third kappa shape index (κ3) is 5.26. The molecule has 1 aromatic rings. The molecule has 2 rings (SSSR count). The summed E-state index contributed by atoms with van der Waals surface area (Å²) >= 11 is 0. The first kappa shape index (κ1) is 13.8. The molecule has 0 amide bonds. The van der Waals surface area contributed by atoms with Gasteiger partial charge in [0.2, 0.25) is 0 Å². The molecule has 0 radical (unpaired) electrons. The van der Waals surface area contributed by atoms with Gasteiger partial charge in [0.25, 0.3) is 0 Å². The monoisotopic (exact) mass is 263 g/mol. The van der Waals surface area contributed by atoms with Gasteiger partial charge in [0.05, 0.1) is 6.21 Å². The van der Waals surface area contributed by atoms with Crippen molar-refractivity contribution in [2.24, 2.45) is 5.16 Å². The maximum Gasteiger partial charge on any atom is 0.181 e. The van der Waals surface area contributed by atoms with E-state index in [0.29, 0.717) is 6.61 Å². The minimum absolute atomic E-state index is 0.616. The van der Waals surface area contributed by atoms with E-state index in [0.717, 1.165) is 16.8 Å². The average molecular weight is 263 g/mol. The Morgan fingerprint density at radius 2 is 1.89 bits per heavy atom. The standard InChI is InChI=1S/C14H21N3O2/c18-17-9-5-14(6-10-17)13-15-19-12-11-16-7-3-1-2-4-8-16/h5-6,9-10,13H,1-4,7-8,11-12H2/b15-13+. The number of hydrogen-bond acceptors (Lipinski definition) is 4. The lowest BCUT2D eigenvalue weighted by Gasteiger charge is -2.18. The van der Waals surface area contributed by atoms with Crippen LogP contribution in [0.4, 0.5) is 0 Å². The fourth-order valence-electron chi connectivity index (χ4n) is 2.19. The Hall–Kier alpha value is -1.62. The van der Waals surface area contributed by atoms with Gasteiger partial charge in [-0.25, -0.2) is 0 Å². The Morgan fingerprint density at radius 1 is 1.21 bits per heavy atom. The maximum atomic E-state index is 10.8. The number of oxime groups is 1. The van der Waals surface area contributed by atoms with Gasteiger partial charge in [0.1, 0.15) is 6.61 Å². The van der Waals surface area contributed by atoms with E-state index < -0.39 is 0 Å². The Bertz CT molecular complexity index is 384. The summed E-state index contributed by atoms with van der Waals surface area (Å²) in [6.45, 7) is 3.90. The summed E-state index contributed by atoms with van der Waals surface area (Å²) in [7, 11) is 0. The third-order valence-electron chi connectivity index (χ3n) is 3.30. The van der Waals surface area contributed by atoms with Crippen LogP contribution in [0.25, 0.3) is 0 Å². The highest BCUT2D eigenvalue weighted by atomic mass is 16.6. The predicted octanol–water partition coefficient (Wildman–Crippen LogP) is 1.55. The lowest BCUT2D eigenvalue weighted by atomic mass is 10.2. The average Bonchev–Trinajstić information content (AvgIpc) is 2.69. The van der Waals surface area contributed by atoms with Crippen molar-refractivity contribution in [1.29, 1.82) is 0 Å². The smallest absolute Gasteiger partial charge is 0.181 e. The van der Waals surface area contributed by atoms with E-state index >= 15 is 0 Å². The van der Waals surface area contributed by atoms with Crippen LogP contribution in [0.2, 0.25) is 0 Å². The van der Waals surface area contributed by atoms with Crippen LogP contribution in [0, 0.1) is 5.21 Å². The number of hydrogen-bond donors (Lipinski definition) is 0. The van der Waals surface area contributed by atoms with Gasteiger partial charge in [-0.2, -0.15) is 4.73 Å². The first-order valence-corrected chi connectivity index (χ1v) is 6.91. The van der Waals surface area contributed by atoms with E-state index in [-0.39, 0.29) is 0 Å². The predicted molar refractivity (Wildman–Crippen MR) is 73.9 cm³/mol. The molecule has 19 heavy (non-hydrogen) atoms. The minimum Gasteiger partial charge on any atom is -0.619 e. The molecule has 1 saturated heterocycles. The molecular formula is C14H21N3O2. The second-order valence-electron chi connectivity index (χ2n) is 4.81. The van der Waals surface area contributed by atoms with Crippen molar-refractivity contribution in [2.45, 2.75) is 25.7 Å². The topological polar surface area (TPSA) is 51.8 Å². The van der Waals surface area contributed by atoms with Gasteiger partial charge in [-0.3, -0.25) is 4.90 Å². The van der Waals surface area contributed by atoms with Crippen LogP contribution < -0.4 is 4.73 Å². The number of nitrogens with zero attached hydrogens (tertiary/aromatic N) is 3. The first-order chi connectivity index (χ1) is 9.34. The van der Waals surface area contributed by atoms with Crippen molar-refractivity contribution in [3.05, 3.63) is 35.3 Å². The third-order valence-corrected chi connectivity index (χ3v) is 3.30. The lowest BCUT2D eigenvalue weighted by molar-refractivity contribution is -0.605.